The minimum Gasteiger partial charge on any atom is -0.381 e. The molecule has 2 aromatic rings. The summed E-state index contributed by atoms with van der Waals surface area (Å²) in [5, 5.41) is 4.95. The molecule has 0 atom stereocenters. The van der Waals surface area contributed by atoms with Gasteiger partial charge in [0.2, 0.25) is 0 Å². The van der Waals surface area contributed by atoms with Crippen LogP contribution in [0.25, 0.3) is 0 Å². The summed E-state index contributed by atoms with van der Waals surface area (Å²) in [5.41, 5.74) is 1.83. The summed E-state index contributed by atoms with van der Waals surface area (Å²) >= 11 is 7.72. The van der Waals surface area contributed by atoms with Gasteiger partial charge >= 0.3 is 0 Å². The van der Waals surface area contributed by atoms with Gasteiger partial charge < -0.3 is 4.74 Å². The molecule has 2 fully saturated rings. The van der Waals surface area contributed by atoms with E-state index in [1.54, 1.807) is 16.0 Å². The molecule has 158 valence electrons. The van der Waals surface area contributed by atoms with Crippen molar-refractivity contribution < 1.29 is 9.53 Å². The Hall–Kier alpha value is -1.17. The van der Waals surface area contributed by atoms with E-state index in [1.165, 1.54) is 24.1 Å². The molecule has 6 heteroatoms. The number of carbonyl (C=O) groups is 1. The van der Waals surface area contributed by atoms with Crippen LogP contribution >= 0.6 is 22.9 Å². The van der Waals surface area contributed by atoms with Crippen molar-refractivity contribution in [2.24, 2.45) is 5.41 Å². The molecule has 1 saturated carbocycles. The maximum Gasteiger partial charge on any atom is 0.253 e. The molecule has 0 spiro atoms. The molecule has 1 saturated heterocycles. The first-order valence-corrected chi connectivity index (χ1v) is 12.1. The molecule has 0 unspecified atom stereocenters. The van der Waals surface area contributed by atoms with Crippen molar-refractivity contribution in [1.29, 1.82) is 0 Å². The fourth-order valence-electron chi connectivity index (χ4n) is 4.69. The smallest absolute Gasteiger partial charge is 0.253 e. The molecule has 0 aromatic carbocycles. The second-order valence-corrected chi connectivity index (χ2v) is 11.0. The van der Waals surface area contributed by atoms with Gasteiger partial charge in [-0.15, -0.1) is 11.3 Å². The molecular weight excluding hydrogens is 404 g/mol. The van der Waals surface area contributed by atoms with Crippen molar-refractivity contribution >= 4 is 28.8 Å². The topological polar surface area (TPSA) is 44.1 Å². The molecule has 0 radical (unpaired) electrons. The fraction of sp³-hybridized carbons (Fsp3) is 0.652. The van der Waals surface area contributed by atoms with E-state index in [1.807, 2.05) is 6.07 Å². The number of rotatable bonds is 5. The first kappa shape index (κ1) is 21.1. The minimum absolute atomic E-state index is 0.0847. The van der Waals surface area contributed by atoms with Crippen LogP contribution < -0.4 is 0 Å². The number of thiophene rings is 1. The number of hydrogen-bond acceptors (Lipinski definition) is 4. The Kier molecular flexibility index (Phi) is 6.19. The maximum atomic E-state index is 13.6. The van der Waals surface area contributed by atoms with Gasteiger partial charge in [-0.25, -0.2) is 4.68 Å². The second kappa shape index (κ2) is 8.52. The number of aromatic nitrogens is 2. The van der Waals surface area contributed by atoms with Gasteiger partial charge in [-0.05, 0) is 56.7 Å². The van der Waals surface area contributed by atoms with E-state index in [0.29, 0.717) is 13.2 Å². The zero-order chi connectivity index (χ0) is 20.5. The third-order valence-corrected chi connectivity index (χ3v) is 8.21. The highest BCUT2D eigenvalue weighted by Crippen LogP contribution is 2.39. The Bertz CT molecular complexity index is 860. The minimum atomic E-state index is -0.393. The molecule has 29 heavy (non-hydrogen) atoms. The van der Waals surface area contributed by atoms with Gasteiger partial charge in [-0.3, -0.25) is 4.79 Å². The second-order valence-electron chi connectivity index (χ2n) is 9.24. The van der Waals surface area contributed by atoms with Gasteiger partial charge in [-0.1, -0.05) is 44.7 Å². The summed E-state index contributed by atoms with van der Waals surface area (Å²) in [5.74, 6) is 0.130. The van der Waals surface area contributed by atoms with Gasteiger partial charge in [0.1, 0.15) is 0 Å². The summed E-state index contributed by atoms with van der Waals surface area (Å²) in [6, 6.07) is 6.24. The highest BCUT2D eigenvalue weighted by molar-refractivity contribution is 7.16. The van der Waals surface area contributed by atoms with Crippen LogP contribution in [0.1, 0.15) is 79.9 Å². The van der Waals surface area contributed by atoms with Crippen LogP contribution in [0.15, 0.2) is 18.2 Å². The average Bonchev–Trinajstić information content (AvgIpc) is 3.33. The normalized spacial score (nSPS) is 21.2. The summed E-state index contributed by atoms with van der Waals surface area (Å²) < 4.78 is 8.07. The van der Waals surface area contributed by atoms with Crippen LogP contribution in [0.3, 0.4) is 0 Å². The number of halogens is 1. The third-order valence-electron chi connectivity index (χ3n) is 6.92. The van der Waals surface area contributed by atoms with Crippen LogP contribution in [0.2, 0.25) is 4.34 Å². The Balaban J connectivity index is 1.64. The van der Waals surface area contributed by atoms with Gasteiger partial charge in [-0.2, -0.15) is 5.10 Å². The highest BCUT2D eigenvalue weighted by Gasteiger charge is 2.39. The lowest BCUT2D eigenvalue weighted by Gasteiger charge is -2.33. The van der Waals surface area contributed by atoms with Gasteiger partial charge in [0.25, 0.3) is 5.91 Å². The molecule has 3 heterocycles. The van der Waals surface area contributed by atoms with E-state index in [-0.39, 0.29) is 11.3 Å². The maximum absolute atomic E-state index is 13.6. The van der Waals surface area contributed by atoms with Gasteiger partial charge in [0.15, 0.2) is 0 Å². The molecule has 1 aliphatic heterocycles. The Labute approximate surface area is 182 Å². The van der Waals surface area contributed by atoms with Gasteiger partial charge in [0.05, 0.1) is 15.4 Å². The summed E-state index contributed by atoms with van der Waals surface area (Å²) in [4.78, 5) is 14.8. The Morgan fingerprint density at radius 1 is 1.14 bits per heavy atom. The molecule has 0 N–H and O–H groups in total. The standard InChI is InChI=1S/C23H31ClN2O2S/c1-22(10-4-3-5-11-22)19-16-17(6-7-18-8-9-20(24)29-18)26(25-19)21(27)23(2)12-14-28-15-13-23/h8-9,16H,3-7,10-15H2,1-2H3. The number of nitrogens with zero attached hydrogens (tertiary/aromatic N) is 2. The van der Waals surface area contributed by atoms with Crippen molar-refractivity contribution in [1.82, 2.24) is 9.78 Å². The van der Waals surface area contributed by atoms with Crippen LogP contribution in [0, 0.1) is 5.41 Å². The molecule has 0 bridgehead atoms. The monoisotopic (exact) mass is 434 g/mol. The summed E-state index contributed by atoms with van der Waals surface area (Å²) in [7, 11) is 0. The molecular formula is C23H31ClN2O2S. The summed E-state index contributed by atoms with van der Waals surface area (Å²) in [6.45, 7) is 5.70. The lowest BCUT2D eigenvalue weighted by molar-refractivity contribution is 0.0164. The van der Waals surface area contributed by atoms with E-state index in [0.717, 1.165) is 54.2 Å². The molecule has 4 nitrogen and oxygen atoms in total. The van der Waals surface area contributed by atoms with E-state index < -0.39 is 5.41 Å². The van der Waals surface area contributed by atoms with Crippen LogP contribution in [0.5, 0.6) is 0 Å². The van der Waals surface area contributed by atoms with Crippen molar-refractivity contribution in [3.63, 3.8) is 0 Å². The first-order chi connectivity index (χ1) is 13.9. The zero-order valence-corrected chi connectivity index (χ0v) is 19.1. The number of hydrogen-bond donors (Lipinski definition) is 0. The van der Waals surface area contributed by atoms with E-state index in [2.05, 4.69) is 26.0 Å². The van der Waals surface area contributed by atoms with Crippen molar-refractivity contribution in [3.8, 4) is 0 Å². The first-order valence-electron chi connectivity index (χ1n) is 10.9. The summed E-state index contributed by atoms with van der Waals surface area (Å²) in [6.07, 6.45) is 9.32. The van der Waals surface area contributed by atoms with Crippen molar-refractivity contribution in [2.45, 2.75) is 77.0 Å². The lowest BCUT2D eigenvalue weighted by Crippen LogP contribution is -2.39. The van der Waals surface area contributed by atoms with E-state index >= 15 is 0 Å². The highest BCUT2D eigenvalue weighted by atomic mass is 35.5. The number of aryl methyl sites for hydroxylation is 2. The number of ether oxygens (including phenoxy) is 1. The lowest BCUT2D eigenvalue weighted by atomic mass is 9.73. The Morgan fingerprint density at radius 3 is 2.52 bits per heavy atom. The van der Waals surface area contributed by atoms with E-state index in [9.17, 15) is 4.79 Å². The van der Waals surface area contributed by atoms with Crippen molar-refractivity contribution in [2.75, 3.05) is 13.2 Å². The van der Waals surface area contributed by atoms with Gasteiger partial charge in [0, 0.05) is 29.2 Å². The quantitative estimate of drug-likeness (QED) is 0.574. The zero-order valence-electron chi connectivity index (χ0n) is 17.5. The predicted octanol–water partition coefficient (Wildman–Crippen LogP) is 6.06. The molecule has 2 aromatic heterocycles. The molecule has 0 amide bonds. The third kappa shape index (κ3) is 4.47. The predicted molar refractivity (Wildman–Crippen MR) is 118 cm³/mol. The van der Waals surface area contributed by atoms with E-state index in [4.69, 9.17) is 21.4 Å². The fourth-order valence-corrected chi connectivity index (χ4v) is 5.77. The average molecular weight is 435 g/mol. The SMILES string of the molecule is CC1(C(=O)n2nc(C3(C)CCCCC3)cc2CCc2ccc(Cl)s2)CCOCC1. The molecule has 4 rings (SSSR count). The Morgan fingerprint density at radius 2 is 1.86 bits per heavy atom. The van der Waals surface area contributed by atoms with Crippen LogP contribution in [-0.2, 0) is 23.0 Å². The van der Waals surface area contributed by atoms with Crippen LogP contribution in [0.4, 0.5) is 0 Å². The van der Waals surface area contributed by atoms with Crippen molar-refractivity contribution in [3.05, 3.63) is 38.8 Å². The van der Waals surface area contributed by atoms with Crippen LogP contribution in [-0.4, -0.2) is 28.9 Å². The largest absolute Gasteiger partial charge is 0.381 e. The number of carbonyl (C=O) groups excluding carboxylic acids is 1. The molecule has 1 aliphatic carbocycles. The molecule has 2 aliphatic rings.